The van der Waals surface area contributed by atoms with E-state index in [9.17, 15) is 13.2 Å². The lowest BCUT2D eigenvalue weighted by Gasteiger charge is -2.26. The molecular weight excluding hydrogens is 462 g/mol. The zero-order chi connectivity index (χ0) is 25.5. The van der Waals surface area contributed by atoms with Crippen LogP contribution in [-0.2, 0) is 10.0 Å². The quantitative estimate of drug-likeness (QED) is 0.428. The molecule has 1 amide bonds. The number of nitrogens with two attached hydrogens (primary N) is 1. The zero-order valence-corrected chi connectivity index (χ0v) is 21.2. The SMILES string of the molecule is Cc1ccccc1-c1cc(C(=O)N(C)C(C)c2ccc(S(N)(=O)=O)cc2)c2cnn(C(C)C)c2n1. The fourth-order valence-electron chi connectivity index (χ4n) is 4.10. The third-order valence-corrected chi connectivity index (χ3v) is 7.23. The average Bonchev–Trinajstić information content (AvgIpc) is 3.26. The highest BCUT2D eigenvalue weighted by Crippen LogP contribution is 2.30. The van der Waals surface area contributed by atoms with E-state index < -0.39 is 10.0 Å². The van der Waals surface area contributed by atoms with Gasteiger partial charge in [-0.25, -0.2) is 23.2 Å². The van der Waals surface area contributed by atoms with Gasteiger partial charge in [0.15, 0.2) is 5.65 Å². The molecule has 0 fully saturated rings. The Kier molecular flexibility index (Phi) is 6.48. The van der Waals surface area contributed by atoms with Gasteiger partial charge in [0.1, 0.15) is 0 Å². The molecule has 1 atom stereocenters. The summed E-state index contributed by atoms with van der Waals surface area (Å²) in [7, 11) is -2.06. The fourth-order valence-corrected chi connectivity index (χ4v) is 4.61. The minimum absolute atomic E-state index is 0.0299. The maximum absolute atomic E-state index is 13.8. The van der Waals surface area contributed by atoms with Crippen LogP contribution in [0.2, 0.25) is 0 Å². The molecule has 0 radical (unpaired) electrons. The minimum Gasteiger partial charge on any atom is -0.335 e. The van der Waals surface area contributed by atoms with E-state index >= 15 is 0 Å². The van der Waals surface area contributed by atoms with Crippen LogP contribution in [0.3, 0.4) is 0 Å². The molecular formula is C26H29N5O3S. The van der Waals surface area contributed by atoms with Crippen molar-refractivity contribution in [2.24, 2.45) is 5.14 Å². The molecule has 0 aliphatic heterocycles. The van der Waals surface area contributed by atoms with Crippen LogP contribution in [0.1, 0.15) is 54.3 Å². The molecule has 8 nitrogen and oxygen atoms in total. The van der Waals surface area contributed by atoms with E-state index in [1.165, 1.54) is 12.1 Å². The molecule has 0 spiro atoms. The summed E-state index contributed by atoms with van der Waals surface area (Å²) in [6, 6.07) is 15.8. The number of nitrogens with zero attached hydrogens (tertiary/aromatic N) is 4. The molecule has 4 aromatic rings. The molecule has 0 saturated heterocycles. The smallest absolute Gasteiger partial charge is 0.254 e. The molecule has 0 saturated carbocycles. The first-order valence-electron chi connectivity index (χ1n) is 11.3. The first-order chi connectivity index (χ1) is 16.5. The largest absolute Gasteiger partial charge is 0.335 e. The second-order valence-corrected chi connectivity index (χ2v) is 10.6. The number of rotatable bonds is 6. The van der Waals surface area contributed by atoms with Crippen molar-refractivity contribution in [2.45, 2.75) is 44.7 Å². The van der Waals surface area contributed by atoms with Gasteiger partial charge in [0.25, 0.3) is 5.91 Å². The Morgan fingerprint density at radius 1 is 1.06 bits per heavy atom. The van der Waals surface area contributed by atoms with Crippen LogP contribution in [-0.4, -0.2) is 41.0 Å². The Labute approximate surface area is 205 Å². The van der Waals surface area contributed by atoms with Gasteiger partial charge in [0.05, 0.1) is 33.8 Å². The van der Waals surface area contributed by atoms with E-state index in [0.717, 1.165) is 16.7 Å². The molecule has 182 valence electrons. The van der Waals surface area contributed by atoms with Gasteiger partial charge in [0.2, 0.25) is 10.0 Å². The Morgan fingerprint density at radius 2 is 1.71 bits per heavy atom. The van der Waals surface area contributed by atoms with E-state index in [1.54, 1.807) is 30.3 Å². The molecule has 2 N–H and O–H groups in total. The van der Waals surface area contributed by atoms with Gasteiger partial charge in [-0.05, 0) is 57.0 Å². The van der Waals surface area contributed by atoms with Crippen molar-refractivity contribution >= 4 is 27.0 Å². The van der Waals surface area contributed by atoms with Gasteiger partial charge in [-0.2, -0.15) is 5.10 Å². The summed E-state index contributed by atoms with van der Waals surface area (Å²) in [5, 5.41) is 10.4. The summed E-state index contributed by atoms with van der Waals surface area (Å²) in [4.78, 5) is 20.3. The predicted octanol–water partition coefficient (Wildman–Crippen LogP) is 4.47. The second-order valence-electron chi connectivity index (χ2n) is 9.00. The van der Waals surface area contributed by atoms with E-state index in [2.05, 4.69) is 5.10 Å². The van der Waals surface area contributed by atoms with Crippen molar-refractivity contribution in [3.05, 3.63) is 77.5 Å². The lowest BCUT2D eigenvalue weighted by molar-refractivity contribution is 0.0744. The first-order valence-corrected chi connectivity index (χ1v) is 12.9. The highest BCUT2D eigenvalue weighted by atomic mass is 32.2. The van der Waals surface area contributed by atoms with E-state index in [4.69, 9.17) is 10.1 Å². The number of aromatic nitrogens is 3. The Bertz CT molecular complexity index is 1510. The molecule has 0 aliphatic rings. The van der Waals surface area contributed by atoms with Crippen LogP contribution in [0.25, 0.3) is 22.3 Å². The van der Waals surface area contributed by atoms with Crippen LogP contribution in [0.4, 0.5) is 0 Å². The number of carbonyl (C=O) groups excluding carboxylic acids is 1. The summed E-state index contributed by atoms with van der Waals surface area (Å²) >= 11 is 0. The van der Waals surface area contributed by atoms with Crippen molar-refractivity contribution in [3.8, 4) is 11.3 Å². The lowest BCUT2D eigenvalue weighted by atomic mass is 10.0. The van der Waals surface area contributed by atoms with E-state index in [-0.39, 0.29) is 22.9 Å². The van der Waals surface area contributed by atoms with Crippen LogP contribution in [0.5, 0.6) is 0 Å². The monoisotopic (exact) mass is 491 g/mol. The molecule has 35 heavy (non-hydrogen) atoms. The standard InChI is InChI=1S/C26H29N5O3S/c1-16(2)31-25-23(15-28-31)22(14-24(29-25)21-9-7-6-8-17(21)3)26(32)30(5)18(4)19-10-12-20(13-11-19)35(27,33)34/h6-16,18H,1-5H3,(H2,27,33,34). The maximum Gasteiger partial charge on any atom is 0.254 e. The summed E-state index contributed by atoms with van der Waals surface area (Å²) in [6.07, 6.45) is 1.69. The number of primary sulfonamides is 1. The summed E-state index contributed by atoms with van der Waals surface area (Å²) in [6.45, 7) is 7.95. The predicted molar refractivity (Wildman–Crippen MR) is 136 cm³/mol. The molecule has 9 heteroatoms. The average molecular weight is 492 g/mol. The van der Waals surface area contributed by atoms with Crippen LogP contribution in [0, 0.1) is 6.92 Å². The Balaban J connectivity index is 1.79. The number of fused-ring (bicyclic) bond motifs is 1. The maximum atomic E-state index is 13.8. The van der Waals surface area contributed by atoms with E-state index in [1.807, 2.05) is 62.7 Å². The first kappa shape index (κ1) is 24.6. The van der Waals surface area contributed by atoms with Crippen molar-refractivity contribution < 1.29 is 13.2 Å². The number of hydrogen-bond donors (Lipinski definition) is 1. The number of sulfonamides is 1. The minimum atomic E-state index is -3.79. The van der Waals surface area contributed by atoms with Gasteiger partial charge in [-0.3, -0.25) is 4.79 Å². The van der Waals surface area contributed by atoms with Crippen LogP contribution in [0.15, 0.2) is 65.7 Å². The lowest BCUT2D eigenvalue weighted by Crippen LogP contribution is -2.30. The normalized spacial score (nSPS) is 12.8. The molecule has 4 rings (SSSR count). The molecule has 1 unspecified atom stereocenters. The highest BCUT2D eigenvalue weighted by molar-refractivity contribution is 7.89. The van der Waals surface area contributed by atoms with Gasteiger partial charge in [-0.15, -0.1) is 0 Å². The number of aryl methyl sites for hydroxylation is 1. The summed E-state index contributed by atoms with van der Waals surface area (Å²) in [5.74, 6) is -0.182. The third-order valence-electron chi connectivity index (χ3n) is 6.30. The Morgan fingerprint density at radius 3 is 2.31 bits per heavy atom. The number of pyridine rings is 1. The van der Waals surface area contributed by atoms with Crippen molar-refractivity contribution in [1.82, 2.24) is 19.7 Å². The van der Waals surface area contributed by atoms with Crippen molar-refractivity contribution in [3.63, 3.8) is 0 Å². The van der Waals surface area contributed by atoms with Crippen molar-refractivity contribution in [1.29, 1.82) is 0 Å². The van der Waals surface area contributed by atoms with Crippen LogP contribution >= 0.6 is 0 Å². The van der Waals surface area contributed by atoms with E-state index in [0.29, 0.717) is 22.3 Å². The number of benzene rings is 2. The topological polar surface area (TPSA) is 111 Å². The fraction of sp³-hybridized carbons (Fsp3) is 0.269. The molecule has 2 heterocycles. The van der Waals surface area contributed by atoms with Gasteiger partial charge in [-0.1, -0.05) is 36.4 Å². The zero-order valence-electron chi connectivity index (χ0n) is 20.4. The third kappa shape index (κ3) is 4.69. The van der Waals surface area contributed by atoms with Crippen molar-refractivity contribution in [2.75, 3.05) is 7.05 Å². The summed E-state index contributed by atoms with van der Waals surface area (Å²) < 4.78 is 25.0. The highest BCUT2D eigenvalue weighted by Gasteiger charge is 2.24. The molecule has 0 bridgehead atoms. The van der Waals surface area contributed by atoms with Crippen LogP contribution < -0.4 is 5.14 Å². The molecule has 0 aliphatic carbocycles. The Hall–Kier alpha value is -3.56. The molecule has 2 aromatic carbocycles. The van der Waals surface area contributed by atoms with Gasteiger partial charge in [0, 0.05) is 18.7 Å². The van der Waals surface area contributed by atoms with Gasteiger partial charge >= 0.3 is 0 Å². The van der Waals surface area contributed by atoms with Gasteiger partial charge < -0.3 is 4.90 Å². The molecule has 2 aromatic heterocycles. The number of hydrogen-bond acceptors (Lipinski definition) is 5. The summed E-state index contributed by atoms with van der Waals surface area (Å²) in [5.41, 5.74) is 4.67. The number of amides is 1. The second kappa shape index (κ2) is 9.24. The number of carbonyl (C=O) groups is 1.